The van der Waals surface area contributed by atoms with Crippen LogP contribution in [-0.4, -0.2) is 16.5 Å². The highest BCUT2D eigenvalue weighted by atomic mass is 32.2. The highest BCUT2D eigenvalue weighted by molar-refractivity contribution is 8.22. The van der Waals surface area contributed by atoms with Gasteiger partial charge in [-0.3, -0.25) is 4.79 Å². The molecule has 0 unspecified atom stereocenters. The lowest BCUT2D eigenvalue weighted by atomic mass is 10.2. The summed E-state index contributed by atoms with van der Waals surface area (Å²) in [5.74, 6) is -0.218. The first-order chi connectivity index (χ1) is 5.97. The van der Waals surface area contributed by atoms with E-state index in [1.165, 1.54) is 11.8 Å². The van der Waals surface area contributed by atoms with Gasteiger partial charge in [-0.25, -0.2) is 0 Å². The van der Waals surface area contributed by atoms with Crippen molar-refractivity contribution in [2.24, 2.45) is 11.7 Å². The maximum atomic E-state index is 10.9. The van der Waals surface area contributed by atoms with Crippen molar-refractivity contribution < 1.29 is 4.79 Å². The Morgan fingerprint density at radius 1 is 1.62 bits per heavy atom. The summed E-state index contributed by atoms with van der Waals surface area (Å²) in [6.45, 7) is 3.93. The van der Waals surface area contributed by atoms with Crippen molar-refractivity contribution in [2.45, 2.75) is 13.8 Å². The summed E-state index contributed by atoms with van der Waals surface area (Å²) in [7, 11) is 0. The molecule has 5 heteroatoms. The lowest BCUT2D eigenvalue weighted by Crippen LogP contribution is -2.28. The normalized spacial score (nSPS) is 11.5. The van der Waals surface area contributed by atoms with Crippen molar-refractivity contribution in [1.82, 2.24) is 5.32 Å². The van der Waals surface area contributed by atoms with E-state index in [4.69, 9.17) is 18.0 Å². The predicted molar refractivity (Wildman–Crippen MR) is 61.4 cm³/mol. The van der Waals surface area contributed by atoms with Crippen LogP contribution in [0.1, 0.15) is 13.8 Å². The Hall–Kier alpha value is -0.550. The minimum Gasteiger partial charge on any atom is -0.364 e. The highest BCUT2D eigenvalue weighted by Gasteiger charge is 2.06. The maximum absolute atomic E-state index is 10.9. The Labute approximate surface area is 88.1 Å². The van der Waals surface area contributed by atoms with E-state index in [0.717, 1.165) is 0 Å². The molecule has 0 aliphatic carbocycles. The zero-order valence-electron chi connectivity index (χ0n) is 7.96. The summed E-state index contributed by atoms with van der Waals surface area (Å²) in [6.07, 6.45) is 3.59. The van der Waals surface area contributed by atoms with Gasteiger partial charge < -0.3 is 11.1 Å². The summed E-state index contributed by atoms with van der Waals surface area (Å²) < 4.78 is 0.547. The summed E-state index contributed by atoms with van der Waals surface area (Å²) in [6, 6.07) is 0. The lowest BCUT2D eigenvalue weighted by molar-refractivity contribution is -0.114. The molecule has 0 atom stereocenters. The fourth-order valence-electron chi connectivity index (χ4n) is 0.680. The number of amides is 1. The number of hydrogen-bond donors (Lipinski definition) is 2. The molecule has 0 spiro atoms. The molecular formula is C8H14N2OS2. The number of allylic oxidation sites excluding steroid dienone is 1. The van der Waals surface area contributed by atoms with Crippen LogP contribution >= 0.6 is 24.0 Å². The van der Waals surface area contributed by atoms with Gasteiger partial charge in [0.15, 0.2) is 0 Å². The minimum atomic E-state index is -0.481. The molecule has 3 N–H and O–H groups in total. The predicted octanol–water partition coefficient (Wildman–Crippen LogP) is 1.25. The Morgan fingerprint density at radius 3 is 2.46 bits per heavy atom. The van der Waals surface area contributed by atoms with Gasteiger partial charge in [0.25, 0.3) is 5.91 Å². The molecule has 0 aromatic heterocycles. The topological polar surface area (TPSA) is 55.1 Å². The number of primary amides is 1. The van der Waals surface area contributed by atoms with Crippen LogP contribution in [0.15, 0.2) is 11.8 Å². The summed E-state index contributed by atoms with van der Waals surface area (Å²) in [5.41, 5.74) is 5.52. The molecule has 0 aliphatic heterocycles. The average molecular weight is 218 g/mol. The van der Waals surface area contributed by atoms with Crippen LogP contribution in [-0.2, 0) is 4.79 Å². The van der Waals surface area contributed by atoms with E-state index < -0.39 is 5.91 Å². The molecule has 0 bridgehead atoms. The van der Waals surface area contributed by atoms with Crippen molar-refractivity contribution in [2.75, 3.05) is 6.26 Å². The van der Waals surface area contributed by atoms with E-state index in [9.17, 15) is 4.79 Å². The van der Waals surface area contributed by atoms with Crippen LogP contribution in [0.2, 0.25) is 0 Å². The molecule has 1 amide bonds. The fourth-order valence-corrected chi connectivity index (χ4v) is 1.00. The molecule has 0 rings (SSSR count). The standard InChI is InChI=1S/C8H14N2OS2/c1-5(2)4-6(7(9)11)10-8(12)13-3/h4-5H,1-3H3,(H2,9,11)(H,10,12)/b6-4+. The lowest BCUT2D eigenvalue weighted by Gasteiger charge is -2.07. The molecule has 0 saturated heterocycles. The molecule has 0 aromatic rings. The number of nitrogens with two attached hydrogens (primary N) is 1. The Kier molecular flexibility index (Phi) is 5.73. The number of thiocarbonyl (C=S) groups is 1. The van der Waals surface area contributed by atoms with Crippen molar-refractivity contribution >= 4 is 34.2 Å². The molecule has 13 heavy (non-hydrogen) atoms. The number of nitrogens with one attached hydrogen (secondary N) is 1. The second kappa shape index (κ2) is 5.99. The number of thioether (sulfide) groups is 1. The van der Waals surface area contributed by atoms with Crippen LogP contribution in [0.5, 0.6) is 0 Å². The van der Waals surface area contributed by atoms with Gasteiger partial charge in [0.2, 0.25) is 0 Å². The van der Waals surface area contributed by atoms with Crippen LogP contribution < -0.4 is 11.1 Å². The maximum Gasteiger partial charge on any atom is 0.264 e. The molecule has 0 heterocycles. The molecule has 0 aliphatic rings. The molecule has 0 saturated carbocycles. The van der Waals surface area contributed by atoms with E-state index in [1.54, 1.807) is 6.08 Å². The number of carbonyl (C=O) groups is 1. The molecular weight excluding hydrogens is 204 g/mol. The summed E-state index contributed by atoms with van der Waals surface area (Å²) >= 11 is 6.28. The van der Waals surface area contributed by atoms with E-state index in [2.05, 4.69) is 5.32 Å². The van der Waals surface area contributed by atoms with E-state index in [-0.39, 0.29) is 5.92 Å². The molecule has 3 nitrogen and oxygen atoms in total. The minimum absolute atomic E-state index is 0.264. The first kappa shape index (κ1) is 12.4. The van der Waals surface area contributed by atoms with E-state index in [1.807, 2.05) is 20.1 Å². The Bertz CT molecular complexity index is 236. The first-order valence-electron chi connectivity index (χ1n) is 3.84. The second-order valence-corrected chi connectivity index (χ2v) is 4.29. The third kappa shape index (κ3) is 5.65. The third-order valence-electron chi connectivity index (χ3n) is 1.19. The van der Waals surface area contributed by atoms with E-state index in [0.29, 0.717) is 10.0 Å². The van der Waals surface area contributed by atoms with Crippen LogP contribution in [0.3, 0.4) is 0 Å². The second-order valence-electron chi connectivity index (χ2n) is 2.81. The first-order valence-corrected chi connectivity index (χ1v) is 5.47. The van der Waals surface area contributed by atoms with Crippen molar-refractivity contribution in [1.29, 1.82) is 0 Å². The zero-order chi connectivity index (χ0) is 10.4. The fraction of sp³-hybridized carbons (Fsp3) is 0.500. The van der Waals surface area contributed by atoms with Gasteiger partial charge in [-0.05, 0) is 12.2 Å². The number of hydrogen-bond acceptors (Lipinski definition) is 3. The smallest absolute Gasteiger partial charge is 0.264 e. The van der Waals surface area contributed by atoms with Gasteiger partial charge in [0, 0.05) is 0 Å². The molecule has 74 valence electrons. The van der Waals surface area contributed by atoms with Crippen LogP contribution in [0.25, 0.3) is 0 Å². The Balaban J connectivity index is 4.45. The van der Waals surface area contributed by atoms with Gasteiger partial charge in [0.1, 0.15) is 10.0 Å². The van der Waals surface area contributed by atoms with Gasteiger partial charge in [-0.2, -0.15) is 0 Å². The van der Waals surface area contributed by atoms with Gasteiger partial charge in [-0.15, -0.1) is 11.8 Å². The average Bonchev–Trinajstić information content (AvgIpc) is 2.02. The summed E-state index contributed by atoms with van der Waals surface area (Å²) in [4.78, 5) is 10.9. The van der Waals surface area contributed by atoms with E-state index >= 15 is 0 Å². The van der Waals surface area contributed by atoms with Crippen molar-refractivity contribution in [3.63, 3.8) is 0 Å². The zero-order valence-corrected chi connectivity index (χ0v) is 9.59. The Morgan fingerprint density at radius 2 is 2.15 bits per heavy atom. The molecule has 0 fully saturated rings. The number of carbonyl (C=O) groups excluding carboxylic acids is 1. The SMILES string of the molecule is CSC(=S)N/C(=C/C(C)C)C(N)=O. The largest absolute Gasteiger partial charge is 0.364 e. The third-order valence-corrected chi connectivity index (χ3v) is 2.26. The van der Waals surface area contributed by atoms with Crippen LogP contribution in [0.4, 0.5) is 0 Å². The summed E-state index contributed by atoms with van der Waals surface area (Å²) in [5, 5.41) is 2.78. The van der Waals surface area contributed by atoms with Crippen molar-refractivity contribution in [3.05, 3.63) is 11.8 Å². The molecule has 0 radical (unpaired) electrons. The molecule has 0 aromatic carbocycles. The van der Waals surface area contributed by atoms with Gasteiger partial charge in [-0.1, -0.05) is 32.1 Å². The monoisotopic (exact) mass is 218 g/mol. The quantitative estimate of drug-likeness (QED) is 0.553. The van der Waals surface area contributed by atoms with Crippen LogP contribution in [0, 0.1) is 5.92 Å². The van der Waals surface area contributed by atoms with Crippen molar-refractivity contribution in [3.8, 4) is 0 Å². The highest BCUT2D eigenvalue weighted by Crippen LogP contribution is 2.02. The number of rotatable bonds is 3. The van der Waals surface area contributed by atoms with Gasteiger partial charge >= 0.3 is 0 Å². The van der Waals surface area contributed by atoms with Gasteiger partial charge in [0.05, 0.1) is 0 Å².